The van der Waals surface area contributed by atoms with Gasteiger partial charge in [-0.15, -0.1) is 0 Å². The molecule has 6 nitrogen and oxygen atoms in total. The van der Waals surface area contributed by atoms with Gasteiger partial charge in [0.05, 0.1) is 18.1 Å². The number of aryl methyl sites for hydroxylation is 1. The third-order valence-corrected chi connectivity index (χ3v) is 4.42. The van der Waals surface area contributed by atoms with Crippen LogP contribution in [0, 0.1) is 12.7 Å². The number of rotatable bonds is 3. The molecule has 1 N–H and O–H groups in total. The number of nitrogens with zero attached hydrogens (tertiary/aromatic N) is 3. The van der Waals surface area contributed by atoms with E-state index in [2.05, 4.69) is 10.3 Å². The zero-order valence-electron chi connectivity index (χ0n) is 14.8. The van der Waals surface area contributed by atoms with E-state index in [1.54, 1.807) is 11.8 Å². The van der Waals surface area contributed by atoms with Gasteiger partial charge in [-0.3, -0.25) is 9.78 Å². The fourth-order valence-electron chi connectivity index (χ4n) is 3.07. The van der Waals surface area contributed by atoms with Gasteiger partial charge < -0.3 is 15.1 Å². The van der Waals surface area contributed by atoms with Crippen LogP contribution in [0.2, 0.25) is 0 Å². The van der Waals surface area contributed by atoms with E-state index in [1.807, 2.05) is 31.2 Å². The molecule has 1 unspecified atom stereocenters. The molecule has 3 rings (SSSR count). The number of pyridine rings is 1. The Labute approximate surface area is 151 Å². The predicted octanol–water partition coefficient (Wildman–Crippen LogP) is 2.79. The molecule has 1 aliphatic heterocycles. The van der Waals surface area contributed by atoms with Crippen LogP contribution in [0.25, 0.3) is 0 Å². The molecule has 0 radical (unpaired) electrons. The highest BCUT2D eigenvalue weighted by Gasteiger charge is 2.34. The number of hydrogen-bond donors (Lipinski definition) is 1. The topological polar surface area (TPSA) is 65.5 Å². The molecule has 0 bridgehead atoms. The van der Waals surface area contributed by atoms with Crippen molar-refractivity contribution in [3.63, 3.8) is 0 Å². The average molecular weight is 356 g/mol. The first-order chi connectivity index (χ1) is 12.4. The molecule has 2 aromatic rings. The number of amides is 3. The van der Waals surface area contributed by atoms with E-state index < -0.39 is 17.9 Å². The van der Waals surface area contributed by atoms with Crippen LogP contribution < -0.4 is 5.32 Å². The van der Waals surface area contributed by atoms with Crippen molar-refractivity contribution in [3.05, 3.63) is 59.7 Å². The van der Waals surface area contributed by atoms with Gasteiger partial charge in [-0.25, -0.2) is 9.18 Å². The second-order valence-corrected chi connectivity index (χ2v) is 6.44. The van der Waals surface area contributed by atoms with Crippen LogP contribution in [0.4, 0.5) is 14.9 Å². The molecule has 0 aliphatic carbocycles. The van der Waals surface area contributed by atoms with Gasteiger partial charge in [0, 0.05) is 25.7 Å². The van der Waals surface area contributed by atoms with Crippen molar-refractivity contribution in [3.8, 4) is 0 Å². The van der Waals surface area contributed by atoms with Crippen molar-refractivity contribution in [2.24, 2.45) is 0 Å². The number of hydrogen-bond acceptors (Lipinski definition) is 3. The maximum Gasteiger partial charge on any atom is 0.322 e. The molecule has 0 saturated carbocycles. The molecule has 1 atom stereocenters. The van der Waals surface area contributed by atoms with Crippen molar-refractivity contribution in [2.75, 3.05) is 18.4 Å². The van der Waals surface area contributed by atoms with Gasteiger partial charge in [-0.2, -0.15) is 0 Å². The van der Waals surface area contributed by atoms with E-state index >= 15 is 0 Å². The summed E-state index contributed by atoms with van der Waals surface area (Å²) in [5.41, 5.74) is 2.47. The molecular formula is C19H21FN4O2. The fraction of sp³-hybridized carbons (Fsp3) is 0.316. The lowest BCUT2D eigenvalue weighted by atomic mass is 10.1. The normalized spacial score (nSPS) is 17.3. The van der Waals surface area contributed by atoms with E-state index in [9.17, 15) is 14.0 Å². The number of aromatic nitrogens is 1. The van der Waals surface area contributed by atoms with Crippen molar-refractivity contribution < 1.29 is 14.0 Å². The van der Waals surface area contributed by atoms with Crippen molar-refractivity contribution >= 4 is 17.6 Å². The Bertz CT molecular complexity index is 827. The Morgan fingerprint density at radius 1 is 1.31 bits per heavy atom. The summed E-state index contributed by atoms with van der Waals surface area (Å²) in [5.74, 6) is -0.639. The molecule has 3 amide bonds. The summed E-state index contributed by atoms with van der Waals surface area (Å²) in [4.78, 5) is 32.0. The lowest BCUT2D eigenvalue weighted by molar-refractivity contribution is -0.139. The zero-order chi connectivity index (χ0) is 18.7. The van der Waals surface area contributed by atoms with Gasteiger partial charge in [0.1, 0.15) is 11.9 Å². The van der Waals surface area contributed by atoms with Gasteiger partial charge in [0.2, 0.25) is 5.91 Å². The first kappa shape index (κ1) is 17.8. The summed E-state index contributed by atoms with van der Waals surface area (Å²) in [6.45, 7) is 5.10. The molecule has 0 spiro atoms. The van der Waals surface area contributed by atoms with Crippen LogP contribution in [0.15, 0.2) is 42.7 Å². The smallest absolute Gasteiger partial charge is 0.322 e. The standard InChI is InChI=1S/C19H21FN4O2/c1-13-4-3-5-15(8-13)12-23-6-7-24(14(2)18(23)25)19(26)22-17-9-16(20)10-21-11-17/h3-5,8-11,14H,6-7,12H2,1-2H3,(H,22,26). The van der Waals surface area contributed by atoms with Crippen molar-refractivity contribution in [2.45, 2.75) is 26.4 Å². The van der Waals surface area contributed by atoms with Gasteiger partial charge >= 0.3 is 6.03 Å². The van der Waals surface area contributed by atoms with Crippen LogP contribution in [-0.2, 0) is 11.3 Å². The van der Waals surface area contributed by atoms with Crippen molar-refractivity contribution in [1.82, 2.24) is 14.8 Å². The average Bonchev–Trinajstić information content (AvgIpc) is 2.59. The largest absolute Gasteiger partial charge is 0.335 e. The van der Waals surface area contributed by atoms with E-state index in [4.69, 9.17) is 0 Å². The van der Waals surface area contributed by atoms with E-state index in [-0.39, 0.29) is 11.6 Å². The zero-order valence-corrected chi connectivity index (χ0v) is 14.8. The quantitative estimate of drug-likeness (QED) is 0.920. The number of halogens is 1. The molecule has 26 heavy (non-hydrogen) atoms. The van der Waals surface area contributed by atoms with Gasteiger partial charge in [0.15, 0.2) is 0 Å². The van der Waals surface area contributed by atoms with Gasteiger partial charge in [-0.1, -0.05) is 29.8 Å². The number of benzene rings is 1. The number of anilines is 1. The molecule has 1 fully saturated rings. The molecular weight excluding hydrogens is 335 g/mol. The van der Waals surface area contributed by atoms with Crippen LogP contribution >= 0.6 is 0 Å². The Kier molecular flexibility index (Phi) is 5.16. The summed E-state index contributed by atoms with van der Waals surface area (Å²) >= 11 is 0. The molecule has 1 aliphatic rings. The summed E-state index contributed by atoms with van der Waals surface area (Å²) in [6, 6.07) is 8.18. The third-order valence-electron chi connectivity index (χ3n) is 4.42. The number of piperazine rings is 1. The van der Waals surface area contributed by atoms with Crippen LogP contribution in [0.5, 0.6) is 0 Å². The molecule has 1 aromatic heterocycles. The SMILES string of the molecule is Cc1cccc(CN2CCN(C(=O)Nc3cncc(F)c3)C(C)C2=O)c1. The summed E-state index contributed by atoms with van der Waals surface area (Å²) in [5, 5.41) is 2.59. The third kappa shape index (κ3) is 3.99. The first-order valence-electron chi connectivity index (χ1n) is 8.46. The number of urea groups is 1. The summed E-state index contributed by atoms with van der Waals surface area (Å²) in [7, 11) is 0. The molecule has 2 heterocycles. The van der Waals surface area contributed by atoms with Gasteiger partial charge in [0.25, 0.3) is 0 Å². The van der Waals surface area contributed by atoms with E-state index in [0.717, 1.165) is 17.3 Å². The second-order valence-electron chi connectivity index (χ2n) is 6.44. The maximum atomic E-state index is 13.2. The van der Waals surface area contributed by atoms with E-state index in [0.29, 0.717) is 19.6 Å². The van der Waals surface area contributed by atoms with Gasteiger partial charge in [-0.05, 0) is 19.4 Å². The number of carbonyl (C=O) groups is 2. The molecule has 1 saturated heterocycles. The van der Waals surface area contributed by atoms with E-state index in [1.165, 1.54) is 17.2 Å². The molecule has 1 aromatic carbocycles. The molecule has 136 valence electrons. The molecule has 7 heteroatoms. The predicted molar refractivity (Wildman–Crippen MR) is 96.0 cm³/mol. The summed E-state index contributed by atoms with van der Waals surface area (Å²) < 4.78 is 13.2. The minimum Gasteiger partial charge on any atom is -0.335 e. The minimum atomic E-state index is -0.588. The van der Waals surface area contributed by atoms with Crippen LogP contribution in [0.1, 0.15) is 18.1 Å². The minimum absolute atomic E-state index is 0.106. The lowest BCUT2D eigenvalue weighted by Crippen LogP contribution is -2.58. The Balaban J connectivity index is 1.64. The van der Waals surface area contributed by atoms with Crippen LogP contribution in [0.3, 0.4) is 0 Å². The Morgan fingerprint density at radius 2 is 2.12 bits per heavy atom. The Morgan fingerprint density at radius 3 is 2.85 bits per heavy atom. The lowest BCUT2D eigenvalue weighted by Gasteiger charge is -2.39. The highest BCUT2D eigenvalue weighted by atomic mass is 19.1. The maximum absolute atomic E-state index is 13.2. The monoisotopic (exact) mass is 356 g/mol. The fourth-order valence-corrected chi connectivity index (χ4v) is 3.07. The van der Waals surface area contributed by atoms with Crippen molar-refractivity contribution in [1.29, 1.82) is 0 Å². The van der Waals surface area contributed by atoms with Crippen LogP contribution in [-0.4, -0.2) is 45.9 Å². The number of carbonyl (C=O) groups excluding carboxylic acids is 2. The second kappa shape index (κ2) is 7.51. The number of nitrogens with one attached hydrogen (secondary N) is 1. The highest BCUT2D eigenvalue weighted by molar-refractivity contribution is 5.94. The Hall–Kier alpha value is -2.96. The summed E-state index contributed by atoms with van der Waals surface area (Å²) in [6.07, 6.45) is 2.42. The highest BCUT2D eigenvalue weighted by Crippen LogP contribution is 2.17. The first-order valence-corrected chi connectivity index (χ1v) is 8.46.